The number of fused-ring (bicyclic) bond motifs is 1. The van der Waals surface area contributed by atoms with Crippen molar-refractivity contribution < 1.29 is 23.1 Å². The maximum Gasteiger partial charge on any atom is 0.279 e. The molecule has 0 saturated carbocycles. The van der Waals surface area contributed by atoms with Crippen molar-refractivity contribution in [1.29, 1.82) is 0 Å². The van der Waals surface area contributed by atoms with E-state index in [4.69, 9.17) is 4.74 Å². The highest BCUT2D eigenvalue weighted by atomic mass is 19.1. The molecule has 0 bridgehead atoms. The Kier molecular flexibility index (Phi) is 5.30. The third-order valence-corrected chi connectivity index (χ3v) is 3.88. The Bertz CT molecular complexity index is 1010. The van der Waals surface area contributed by atoms with Crippen LogP contribution in [-0.4, -0.2) is 17.9 Å². The number of nitrogens with one attached hydrogen (secondary N) is 2. The van der Waals surface area contributed by atoms with Crippen molar-refractivity contribution in [3.8, 4) is 5.75 Å². The monoisotopic (exact) mass is 370 g/mol. The predicted molar refractivity (Wildman–Crippen MR) is 96.0 cm³/mol. The molecule has 3 aromatic rings. The average molecular weight is 370 g/mol. The molecule has 3 aromatic carbocycles. The average Bonchev–Trinajstić information content (AvgIpc) is 2.65. The molecule has 0 radical (unpaired) electrons. The summed E-state index contributed by atoms with van der Waals surface area (Å²) in [5.41, 5.74) is 3.84. The summed E-state index contributed by atoms with van der Waals surface area (Å²) in [5, 5.41) is 2.00. The first kappa shape index (κ1) is 18.3. The van der Waals surface area contributed by atoms with Crippen molar-refractivity contribution in [1.82, 2.24) is 10.9 Å². The van der Waals surface area contributed by atoms with Gasteiger partial charge in [-0.25, -0.2) is 8.78 Å². The molecule has 0 heterocycles. The van der Waals surface area contributed by atoms with E-state index in [-0.39, 0.29) is 5.56 Å². The third-order valence-electron chi connectivity index (χ3n) is 3.88. The lowest BCUT2D eigenvalue weighted by Crippen LogP contribution is -2.47. The van der Waals surface area contributed by atoms with Gasteiger partial charge in [0.1, 0.15) is 17.4 Å². The van der Waals surface area contributed by atoms with Gasteiger partial charge in [0.2, 0.25) is 0 Å². The molecule has 2 amide bonds. The number of amides is 2. The number of ether oxygens (including phenoxy) is 1. The first-order valence-corrected chi connectivity index (χ1v) is 8.15. The quantitative estimate of drug-likeness (QED) is 0.692. The molecule has 1 atom stereocenters. The summed E-state index contributed by atoms with van der Waals surface area (Å²) in [6.45, 7) is 1.51. The second kappa shape index (κ2) is 7.82. The zero-order valence-electron chi connectivity index (χ0n) is 14.3. The van der Waals surface area contributed by atoms with Gasteiger partial charge in [0.25, 0.3) is 11.8 Å². The minimum atomic E-state index is -1.03. The fraction of sp³-hybridized carbons (Fsp3) is 0.100. The normalized spacial score (nSPS) is 11.7. The number of benzene rings is 3. The highest BCUT2D eigenvalue weighted by Crippen LogP contribution is 2.21. The van der Waals surface area contributed by atoms with Crippen LogP contribution in [0.1, 0.15) is 17.3 Å². The molecule has 0 fully saturated rings. The smallest absolute Gasteiger partial charge is 0.279 e. The molecule has 7 heteroatoms. The molecule has 2 N–H and O–H groups in total. The summed E-state index contributed by atoms with van der Waals surface area (Å²) in [4.78, 5) is 24.0. The topological polar surface area (TPSA) is 67.4 Å². The van der Waals surface area contributed by atoms with Gasteiger partial charge in [0.15, 0.2) is 6.10 Å². The van der Waals surface area contributed by atoms with Crippen LogP contribution in [0.2, 0.25) is 0 Å². The zero-order chi connectivity index (χ0) is 19.4. The van der Waals surface area contributed by atoms with Gasteiger partial charge in [-0.15, -0.1) is 0 Å². The van der Waals surface area contributed by atoms with Crippen molar-refractivity contribution in [2.24, 2.45) is 0 Å². The summed E-state index contributed by atoms with van der Waals surface area (Å²) >= 11 is 0. The van der Waals surface area contributed by atoms with Crippen LogP contribution in [-0.2, 0) is 4.79 Å². The van der Waals surface area contributed by atoms with E-state index in [1.807, 2.05) is 30.3 Å². The van der Waals surface area contributed by atoms with Crippen molar-refractivity contribution >= 4 is 22.6 Å². The lowest BCUT2D eigenvalue weighted by molar-refractivity contribution is -0.128. The maximum atomic E-state index is 13.6. The molecule has 138 valence electrons. The summed E-state index contributed by atoms with van der Waals surface area (Å²) in [7, 11) is 0. The molecule has 3 rings (SSSR count). The molecule has 0 spiro atoms. The minimum absolute atomic E-state index is 0.389. The Balaban J connectivity index is 1.59. The van der Waals surface area contributed by atoms with Crippen molar-refractivity contribution in [2.45, 2.75) is 13.0 Å². The van der Waals surface area contributed by atoms with E-state index in [0.717, 1.165) is 22.9 Å². The molecule has 5 nitrogen and oxygen atoms in total. The molecule has 0 saturated heterocycles. The lowest BCUT2D eigenvalue weighted by atomic mass is 10.1. The van der Waals surface area contributed by atoms with Crippen LogP contribution in [0, 0.1) is 11.6 Å². The number of hydrazine groups is 1. The predicted octanol–water partition coefficient (Wildman–Crippen LogP) is 3.35. The van der Waals surface area contributed by atoms with Crippen LogP contribution in [0.4, 0.5) is 8.78 Å². The SMILES string of the molecule is CC(Oc1ccc2ccccc2c1)C(=O)NNC(=O)c1ccc(F)cc1F. The van der Waals surface area contributed by atoms with Crippen LogP contribution in [0.5, 0.6) is 5.75 Å². The van der Waals surface area contributed by atoms with Gasteiger partial charge in [0.05, 0.1) is 5.56 Å². The largest absolute Gasteiger partial charge is 0.481 e. The van der Waals surface area contributed by atoms with E-state index >= 15 is 0 Å². The Morgan fingerprint density at radius 3 is 2.41 bits per heavy atom. The second-order valence-corrected chi connectivity index (χ2v) is 5.84. The van der Waals surface area contributed by atoms with E-state index in [1.54, 1.807) is 12.1 Å². The van der Waals surface area contributed by atoms with Crippen molar-refractivity contribution in [3.05, 3.63) is 77.9 Å². The Morgan fingerprint density at radius 2 is 1.67 bits per heavy atom. The highest BCUT2D eigenvalue weighted by molar-refractivity contribution is 5.96. The maximum absolute atomic E-state index is 13.6. The van der Waals surface area contributed by atoms with Gasteiger partial charge in [-0.05, 0) is 42.0 Å². The minimum Gasteiger partial charge on any atom is -0.481 e. The summed E-state index contributed by atoms with van der Waals surface area (Å²) in [6.07, 6.45) is -0.912. The van der Waals surface area contributed by atoms with Crippen LogP contribution in [0.25, 0.3) is 10.8 Å². The molecular formula is C20H16F2N2O3. The van der Waals surface area contributed by atoms with Crippen LogP contribution in [0.3, 0.4) is 0 Å². The molecule has 0 aliphatic carbocycles. The summed E-state index contributed by atoms with van der Waals surface area (Å²) in [5.74, 6) is -2.86. The number of rotatable bonds is 4. The lowest BCUT2D eigenvalue weighted by Gasteiger charge is -2.15. The first-order chi connectivity index (χ1) is 12.9. The zero-order valence-corrected chi connectivity index (χ0v) is 14.3. The molecule has 0 aliphatic rings. The Morgan fingerprint density at radius 1 is 0.926 bits per heavy atom. The fourth-order valence-corrected chi connectivity index (χ4v) is 2.46. The number of hydrogen-bond donors (Lipinski definition) is 2. The molecular weight excluding hydrogens is 354 g/mol. The van der Waals surface area contributed by atoms with Gasteiger partial charge in [-0.3, -0.25) is 20.4 Å². The Labute approximate surface area is 153 Å². The van der Waals surface area contributed by atoms with Gasteiger partial charge in [0, 0.05) is 6.07 Å². The second-order valence-electron chi connectivity index (χ2n) is 5.84. The number of halogens is 2. The first-order valence-electron chi connectivity index (χ1n) is 8.15. The number of hydrogen-bond acceptors (Lipinski definition) is 3. The van der Waals surface area contributed by atoms with Crippen LogP contribution < -0.4 is 15.6 Å². The molecule has 1 unspecified atom stereocenters. The molecule has 27 heavy (non-hydrogen) atoms. The number of carbonyl (C=O) groups is 2. The standard InChI is InChI=1S/C20H16F2N2O3/c1-12(27-16-8-6-13-4-2-3-5-14(13)10-16)19(25)23-24-20(26)17-9-7-15(21)11-18(17)22/h2-12H,1H3,(H,23,25)(H,24,26). The third kappa shape index (κ3) is 4.38. The highest BCUT2D eigenvalue weighted by Gasteiger charge is 2.17. The van der Waals surface area contributed by atoms with Crippen molar-refractivity contribution in [3.63, 3.8) is 0 Å². The van der Waals surface area contributed by atoms with Gasteiger partial charge >= 0.3 is 0 Å². The van der Waals surface area contributed by atoms with E-state index in [2.05, 4.69) is 10.9 Å². The number of carbonyl (C=O) groups excluding carboxylic acids is 2. The van der Waals surface area contributed by atoms with Crippen molar-refractivity contribution in [2.75, 3.05) is 0 Å². The Hall–Kier alpha value is -3.48. The fourth-order valence-electron chi connectivity index (χ4n) is 2.46. The summed E-state index contributed by atoms with van der Waals surface area (Å²) in [6, 6.07) is 15.6. The van der Waals surface area contributed by atoms with E-state index in [1.165, 1.54) is 6.92 Å². The molecule has 0 aliphatic heterocycles. The van der Waals surface area contributed by atoms with E-state index in [9.17, 15) is 18.4 Å². The van der Waals surface area contributed by atoms with Crippen LogP contribution in [0.15, 0.2) is 60.7 Å². The van der Waals surface area contributed by atoms with E-state index in [0.29, 0.717) is 11.8 Å². The van der Waals surface area contributed by atoms with Crippen LogP contribution >= 0.6 is 0 Å². The van der Waals surface area contributed by atoms with Gasteiger partial charge in [-0.2, -0.15) is 0 Å². The summed E-state index contributed by atoms with van der Waals surface area (Å²) < 4.78 is 32.0. The van der Waals surface area contributed by atoms with E-state index < -0.39 is 29.6 Å². The van der Waals surface area contributed by atoms with Gasteiger partial charge < -0.3 is 4.74 Å². The van der Waals surface area contributed by atoms with Gasteiger partial charge in [-0.1, -0.05) is 30.3 Å². The molecule has 0 aromatic heterocycles.